The topological polar surface area (TPSA) is 0 Å². The third-order valence-corrected chi connectivity index (χ3v) is 5.75. The van der Waals surface area contributed by atoms with Crippen molar-refractivity contribution in [2.75, 3.05) is 0 Å². The quantitative estimate of drug-likeness (QED) is 0.167. The van der Waals surface area contributed by atoms with Crippen LogP contribution in [0.15, 0.2) is 69.9 Å². The smallest absolute Gasteiger partial charge is 0.167 e. The molecule has 0 spiro atoms. The molecule has 0 aromatic carbocycles. The molecular weight excluding hydrogens is 417 g/mol. The SMILES string of the molecule is CC(C)=CCC/C=C(\C)CC/C(C)=C/CC/C=C(\C)CC/C=C(\C)CC/C=C(/C)C(F)(F)F. The van der Waals surface area contributed by atoms with E-state index in [9.17, 15) is 13.2 Å². The molecule has 0 heterocycles. The van der Waals surface area contributed by atoms with E-state index < -0.39 is 11.7 Å². The molecule has 0 radical (unpaired) electrons. The normalized spacial score (nSPS) is 14.7. The molecule has 0 aliphatic rings. The van der Waals surface area contributed by atoms with Gasteiger partial charge < -0.3 is 0 Å². The second-order valence-corrected chi connectivity index (χ2v) is 9.60. The van der Waals surface area contributed by atoms with E-state index in [4.69, 9.17) is 0 Å². The Morgan fingerprint density at radius 1 is 0.455 bits per heavy atom. The molecule has 0 fully saturated rings. The summed E-state index contributed by atoms with van der Waals surface area (Å²) >= 11 is 0. The molecular formula is C30H47F3. The molecule has 0 aliphatic heterocycles. The van der Waals surface area contributed by atoms with E-state index in [2.05, 4.69) is 65.0 Å². The van der Waals surface area contributed by atoms with Gasteiger partial charge in [-0.15, -0.1) is 0 Å². The first-order valence-electron chi connectivity index (χ1n) is 12.4. The maximum absolute atomic E-state index is 12.5. The van der Waals surface area contributed by atoms with E-state index in [0.717, 1.165) is 63.9 Å². The van der Waals surface area contributed by atoms with E-state index >= 15 is 0 Å². The summed E-state index contributed by atoms with van der Waals surface area (Å²) < 4.78 is 37.4. The van der Waals surface area contributed by atoms with Crippen molar-refractivity contribution in [3.05, 3.63) is 69.9 Å². The Hall–Kier alpha value is -1.77. The van der Waals surface area contributed by atoms with Gasteiger partial charge in [-0.05, 0) is 113 Å². The van der Waals surface area contributed by atoms with E-state index in [1.807, 2.05) is 6.92 Å². The van der Waals surface area contributed by atoms with Crippen molar-refractivity contribution in [2.24, 2.45) is 0 Å². The van der Waals surface area contributed by atoms with Crippen molar-refractivity contribution in [2.45, 2.75) is 119 Å². The zero-order valence-electron chi connectivity index (χ0n) is 22.2. The maximum Gasteiger partial charge on any atom is 0.412 e. The number of hydrogen-bond acceptors (Lipinski definition) is 0. The van der Waals surface area contributed by atoms with Crippen LogP contribution >= 0.6 is 0 Å². The first-order chi connectivity index (χ1) is 15.4. The van der Waals surface area contributed by atoms with Crippen LogP contribution in [0.3, 0.4) is 0 Å². The summed E-state index contributed by atoms with van der Waals surface area (Å²) in [7, 11) is 0. The summed E-state index contributed by atoms with van der Waals surface area (Å²) in [4.78, 5) is 0. The molecule has 0 N–H and O–H groups in total. The molecule has 0 bridgehead atoms. The molecule has 188 valence electrons. The van der Waals surface area contributed by atoms with Crippen LogP contribution in [0.5, 0.6) is 0 Å². The lowest BCUT2D eigenvalue weighted by molar-refractivity contribution is -0.0915. The highest BCUT2D eigenvalue weighted by Crippen LogP contribution is 2.25. The Bertz CT molecular complexity index is 733. The molecule has 0 rings (SSSR count). The lowest BCUT2D eigenvalue weighted by Crippen LogP contribution is -2.08. The van der Waals surface area contributed by atoms with Crippen molar-refractivity contribution in [1.82, 2.24) is 0 Å². The van der Waals surface area contributed by atoms with Gasteiger partial charge in [0, 0.05) is 5.57 Å². The fourth-order valence-corrected chi connectivity index (χ4v) is 3.34. The Morgan fingerprint density at radius 2 is 0.788 bits per heavy atom. The van der Waals surface area contributed by atoms with Gasteiger partial charge in [0.25, 0.3) is 0 Å². The summed E-state index contributed by atoms with van der Waals surface area (Å²) in [5.41, 5.74) is 6.38. The van der Waals surface area contributed by atoms with E-state index in [1.54, 1.807) is 0 Å². The molecule has 0 nitrogen and oxygen atoms in total. The lowest BCUT2D eigenvalue weighted by Gasteiger charge is -2.06. The van der Waals surface area contributed by atoms with Crippen molar-refractivity contribution < 1.29 is 13.2 Å². The van der Waals surface area contributed by atoms with Gasteiger partial charge in [-0.1, -0.05) is 64.3 Å². The van der Waals surface area contributed by atoms with Crippen molar-refractivity contribution in [3.8, 4) is 0 Å². The minimum absolute atomic E-state index is 0.444. The third kappa shape index (κ3) is 19.4. The van der Waals surface area contributed by atoms with Crippen LogP contribution in [0.1, 0.15) is 113 Å². The monoisotopic (exact) mass is 464 g/mol. The molecule has 0 aliphatic carbocycles. The summed E-state index contributed by atoms with van der Waals surface area (Å²) in [5.74, 6) is 0. The van der Waals surface area contributed by atoms with Gasteiger partial charge in [-0.25, -0.2) is 0 Å². The summed E-state index contributed by atoms with van der Waals surface area (Å²) in [6.45, 7) is 14.1. The minimum atomic E-state index is -4.20. The molecule has 0 aromatic rings. The highest BCUT2D eigenvalue weighted by Gasteiger charge is 2.29. The number of allylic oxidation sites excluding steroid dienone is 12. The highest BCUT2D eigenvalue weighted by molar-refractivity contribution is 5.09. The second-order valence-electron chi connectivity index (χ2n) is 9.60. The predicted octanol–water partition coefficient (Wildman–Crippen LogP) is 11.1. The third-order valence-electron chi connectivity index (χ3n) is 5.75. The van der Waals surface area contributed by atoms with Crippen LogP contribution in [0.25, 0.3) is 0 Å². The average Bonchev–Trinajstić information content (AvgIpc) is 2.72. The van der Waals surface area contributed by atoms with Gasteiger partial charge >= 0.3 is 6.18 Å². The van der Waals surface area contributed by atoms with Crippen LogP contribution in [-0.2, 0) is 0 Å². The van der Waals surface area contributed by atoms with Crippen LogP contribution < -0.4 is 0 Å². The summed E-state index contributed by atoms with van der Waals surface area (Å²) in [6.07, 6.45) is 18.4. The van der Waals surface area contributed by atoms with E-state index in [-0.39, 0.29) is 0 Å². The second kappa shape index (κ2) is 17.7. The van der Waals surface area contributed by atoms with Gasteiger partial charge in [0.05, 0.1) is 0 Å². The number of alkyl halides is 3. The van der Waals surface area contributed by atoms with Crippen molar-refractivity contribution >= 4 is 0 Å². The molecule has 0 saturated heterocycles. The fraction of sp³-hybridized carbons (Fsp3) is 0.600. The highest BCUT2D eigenvalue weighted by atomic mass is 19.4. The van der Waals surface area contributed by atoms with Gasteiger partial charge in [0.1, 0.15) is 0 Å². The van der Waals surface area contributed by atoms with Gasteiger partial charge in [-0.3, -0.25) is 0 Å². The largest absolute Gasteiger partial charge is 0.412 e. The zero-order chi connectivity index (χ0) is 25.3. The van der Waals surface area contributed by atoms with E-state index in [0.29, 0.717) is 12.8 Å². The average molecular weight is 465 g/mol. The van der Waals surface area contributed by atoms with E-state index in [1.165, 1.54) is 28.4 Å². The lowest BCUT2D eigenvalue weighted by atomic mass is 10.0. The van der Waals surface area contributed by atoms with Crippen LogP contribution in [0.2, 0.25) is 0 Å². The first kappa shape index (κ1) is 31.2. The number of halogens is 3. The molecule has 33 heavy (non-hydrogen) atoms. The molecule has 0 atom stereocenters. The van der Waals surface area contributed by atoms with Gasteiger partial charge in [0.15, 0.2) is 0 Å². The molecule has 0 aromatic heterocycles. The Labute approximate surface area is 202 Å². The van der Waals surface area contributed by atoms with Crippen LogP contribution in [-0.4, -0.2) is 6.18 Å². The number of unbranched alkanes of at least 4 members (excludes halogenated alkanes) is 2. The zero-order valence-corrected chi connectivity index (χ0v) is 22.2. The summed E-state index contributed by atoms with van der Waals surface area (Å²) in [6, 6.07) is 0. The molecule has 3 heteroatoms. The number of rotatable bonds is 15. The number of hydrogen-bond donors (Lipinski definition) is 0. The molecule has 0 unspecified atom stereocenters. The maximum atomic E-state index is 12.5. The predicted molar refractivity (Wildman–Crippen MR) is 140 cm³/mol. The van der Waals surface area contributed by atoms with Crippen LogP contribution in [0, 0.1) is 0 Å². The fourth-order valence-electron chi connectivity index (χ4n) is 3.34. The standard InChI is InChI=1S/C30H47F3/c1-24(2)14-8-9-16-27(5)22-23-28(6)17-11-10-15-25(3)18-12-19-26(4)20-13-21-29(7)30(31,32)33/h14-17,19,21H,8-13,18,20,22-23H2,1-7H3/b25-15+,26-19+,27-16+,28-17+,29-21-. The Balaban J connectivity index is 4.16. The minimum Gasteiger partial charge on any atom is -0.167 e. The Kier molecular flexibility index (Phi) is 16.7. The first-order valence-corrected chi connectivity index (χ1v) is 12.4. The van der Waals surface area contributed by atoms with Crippen molar-refractivity contribution in [3.63, 3.8) is 0 Å². The van der Waals surface area contributed by atoms with Crippen molar-refractivity contribution in [1.29, 1.82) is 0 Å². The Morgan fingerprint density at radius 3 is 1.18 bits per heavy atom. The summed E-state index contributed by atoms with van der Waals surface area (Å²) in [5, 5.41) is 0. The molecule has 0 saturated carbocycles. The molecule has 0 amide bonds. The van der Waals surface area contributed by atoms with Crippen LogP contribution in [0.4, 0.5) is 13.2 Å². The van der Waals surface area contributed by atoms with Gasteiger partial charge in [0.2, 0.25) is 0 Å². The van der Waals surface area contributed by atoms with Gasteiger partial charge in [-0.2, -0.15) is 13.2 Å².